The Hall–Kier alpha value is -3.60. The van der Waals surface area contributed by atoms with Gasteiger partial charge in [0.25, 0.3) is 5.91 Å². The van der Waals surface area contributed by atoms with E-state index in [-0.39, 0.29) is 17.2 Å². The number of aromatic nitrogens is 3. The summed E-state index contributed by atoms with van der Waals surface area (Å²) in [5, 5.41) is 6.65. The summed E-state index contributed by atoms with van der Waals surface area (Å²) >= 11 is 0. The Balaban J connectivity index is 1.83. The third kappa shape index (κ3) is 4.94. The molecule has 0 aliphatic carbocycles. The maximum Gasteiger partial charge on any atom is 0.417 e. The van der Waals surface area contributed by atoms with Crippen molar-refractivity contribution in [1.82, 2.24) is 14.8 Å². The molecule has 0 spiro atoms. The zero-order chi connectivity index (χ0) is 22.6. The molecule has 1 amide bonds. The van der Waals surface area contributed by atoms with Gasteiger partial charge in [0.05, 0.1) is 29.7 Å². The number of carbonyl (C=O) groups excluding carboxylic acids is 1. The van der Waals surface area contributed by atoms with E-state index in [4.69, 9.17) is 10.5 Å². The first-order chi connectivity index (χ1) is 14.7. The number of carbonyl (C=O) groups is 1. The van der Waals surface area contributed by atoms with Crippen LogP contribution in [0.2, 0.25) is 0 Å². The van der Waals surface area contributed by atoms with E-state index >= 15 is 0 Å². The number of nitrogens with one attached hydrogen (secondary N) is 1. The zero-order valence-corrected chi connectivity index (χ0v) is 16.8. The number of para-hydroxylation sites is 2. The Morgan fingerprint density at radius 3 is 2.61 bits per heavy atom. The Labute approximate surface area is 176 Å². The van der Waals surface area contributed by atoms with Gasteiger partial charge >= 0.3 is 6.18 Å². The Kier molecular flexibility index (Phi) is 6.44. The van der Waals surface area contributed by atoms with Crippen molar-refractivity contribution >= 4 is 23.2 Å². The molecular weight excluding hydrogens is 413 g/mol. The molecule has 2 aromatic heterocycles. The van der Waals surface area contributed by atoms with Crippen LogP contribution in [-0.2, 0) is 10.9 Å². The number of methoxy groups -OCH3 is 1. The molecule has 164 valence electrons. The fourth-order valence-electron chi connectivity index (χ4n) is 2.86. The average molecular weight is 434 g/mol. The third-order valence-corrected chi connectivity index (χ3v) is 4.54. The van der Waals surface area contributed by atoms with Gasteiger partial charge < -0.3 is 20.7 Å². The van der Waals surface area contributed by atoms with E-state index in [2.05, 4.69) is 15.4 Å². The molecule has 0 aliphatic rings. The lowest BCUT2D eigenvalue weighted by Gasteiger charge is -2.22. The molecule has 3 N–H and O–H groups in total. The molecule has 8 nitrogen and oxygen atoms in total. The van der Waals surface area contributed by atoms with Crippen molar-refractivity contribution in [3.05, 3.63) is 59.9 Å². The summed E-state index contributed by atoms with van der Waals surface area (Å²) in [6.07, 6.45) is -2.57. The molecule has 0 atom stereocenters. The van der Waals surface area contributed by atoms with E-state index in [0.717, 1.165) is 17.8 Å². The molecule has 0 unspecified atom stereocenters. The fraction of sp³-hybridized carbons (Fsp3) is 0.250. The highest BCUT2D eigenvalue weighted by Gasteiger charge is 2.30. The molecule has 0 saturated heterocycles. The lowest BCUT2D eigenvalue weighted by atomic mass is 10.2. The number of nitrogen functional groups attached to an aromatic ring is 1. The number of anilines is 3. The number of hydrogen-bond donors (Lipinski definition) is 2. The van der Waals surface area contributed by atoms with Gasteiger partial charge in [-0.3, -0.25) is 4.79 Å². The maximum absolute atomic E-state index is 12.7. The van der Waals surface area contributed by atoms with Crippen molar-refractivity contribution < 1.29 is 22.7 Å². The lowest BCUT2D eigenvalue weighted by Crippen LogP contribution is -2.23. The molecule has 0 aliphatic heterocycles. The fourth-order valence-corrected chi connectivity index (χ4v) is 2.86. The van der Waals surface area contributed by atoms with Crippen molar-refractivity contribution in [1.29, 1.82) is 0 Å². The number of pyridine rings is 1. The minimum Gasteiger partial charge on any atom is -0.383 e. The molecule has 3 rings (SSSR count). The highest BCUT2D eigenvalue weighted by atomic mass is 19.4. The van der Waals surface area contributed by atoms with Gasteiger partial charge in [0, 0.05) is 26.9 Å². The summed E-state index contributed by atoms with van der Waals surface area (Å²) in [7, 11) is 3.50. The summed E-state index contributed by atoms with van der Waals surface area (Å²) in [6, 6.07) is 9.28. The Morgan fingerprint density at radius 2 is 1.97 bits per heavy atom. The number of halogens is 3. The molecule has 3 aromatic rings. The van der Waals surface area contributed by atoms with Gasteiger partial charge in [-0.2, -0.15) is 18.3 Å². The van der Waals surface area contributed by atoms with E-state index in [0.29, 0.717) is 25.0 Å². The molecule has 0 saturated carbocycles. The van der Waals surface area contributed by atoms with E-state index < -0.39 is 17.6 Å². The second-order valence-electron chi connectivity index (χ2n) is 6.64. The summed E-state index contributed by atoms with van der Waals surface area (Å²) in [6.45, 7) is 1.15. The van der Waals surface area contributed by atoms with Gasteiger partial charge in [-0.15, -0.1) is 0 Å². The number of amides is 1. The second kappa shape index (κ2) is 9.04. The normalized spacial score (nSPS) is 11.4. The van der Waals surface area contributed by atoms with Crippen LogP contribution in [-0.4, -0.2) is 48.0 Å². The topological polar surface area (TPSA) is 98.3 Å². The van der Waals surface area contributed by atoms with Crippen LogP contribution >= 0.6 is 0 Å². The minimum atomic E-state index is -4.51. The zero-order valence-electron chi connectivity index (χ0n) is 16.8. The van der Waals surface area contributed by atoms with Gasteiger partial charge in [0.15, 0.2) is 0 Å². The predicted molar refractivity (Wildman–Crippen MR) is 110 cm³/mol. The highest BCUT2D eigenvalue weighted by Crippen LogP contribution is 2.29. The number of nitrogens with two attached hydrogens (primary N) is 1. The summed E-state index contributed by atoms with van der Waals surface area (Å²) < 4.78 is 44.5. The van der Waals surface area contributed by atoms with Crippen LogP contribution < -0.4 is 16.0 Å². The predicted octanol–water partition coefficient (Wildman–Crippen LogP) is 3.20. The molecule has 2 heterocycles. The van der Waals surface area contributed by atoms with E-state index in [9.17, 15) is 18.0 Å². The van der Waals surface area contributed by atoms with Crippen LogP contribution in [0.1, 0.15) is 15.9 Å². The lowest BCUT2D eigenvalue weighted by molar-refractivity contribution is -0.137. The van der Waals surface area contributed by atoms with Crippen LogP contribution in [0.15, 0.2) is 48.8 Å². The van der Waals surface area contributed by atoms with Crippen molar-refractivity contribution in [3.63, 3.8) is 0 Å². The van der Waals surface area contributed by atoms with Crippen LogP contribution in [0.4, 0.5) is 30.5 Å². The highest BCUT2D eigenvalue weighted by molar-refractivity contribution is 6.06. The summed E-state index contributed by atoms with van der Waals surface area (Å²) in [5.74, 6) is -0.594. The van der Waals surface area contributed by atoms with Gasteiger partial charge in [-0.25, -0.2) is 9.67 Å². The quantitative estimate of drug-likeness (QED) is 0.593. The molecule has 31 heavy (non-hydrogen) atoms. The molecule has 0 radical (unpaired) electrons. The largest absolute Gasteiger partial charge is 0.417 e. The van der Waals surface area contributed by atoms with E-state index in [1.165, 1.54) is 10.9 Å². The van der Waals surface area contributed by atoms with E-state index in [1.807, 2.05) is 30.1 Å². The van der Waals surface area contributed by atoms with Crippen molar-refractivity contribution in [3.8, 4) is 5.69 Å². The van der Waals surface area contributed by atoms with Crippen LogP contribution in [0.5, 0.6) is 0 Å². The Bertz CT molecular complexity index is 1050. The smallest absolute Gasteiger partial charge is 0.383 e. The number of alkyl halides is 3. The first kappa shape index (κ1) is 22.1. The molecule has 11 heteroatoms. The van der Waals surface area contributed by atoms with Crippen molar-refractivity contribution in [2.45, 2.75) is 6.18 Å². The summed E-state index contributed by atoms with van der Waals surface area (Å²) in [4.78, 5) is 18.2. The number of rotatable bonds is 7. The first-order valence-electron chi connectivity index (χ1n) is 9.20. The van der Waals surface area contributed by atoms with Gasteiger partial charge in [-0.05, 0) is 24.3 Å². The number of nitrogens with zero attached hydrogens (tertiary/aromatic N) is 4. The van der Waals surface area contributed by atoms with Gasteiger partial charge in [0.1, 0.15) is 17.2 Å². The minimum absolute atomic E-state index is 0.0372. The van der Waals surface area contributed by atoms with Crippen LogP contribution in [0.25, 0.3) is 5.69 Å². The summed E-state index contributed by atoms with van der Waals surface area (Å²) in [5.41, 5.74) is 6.81. The van der Waals surface area contributed by atoms with Gasteiger partial charge in [-0.1, -0.05) is 12.1 Å². The number of hydrogen-bond acceptors (Lipinski definition) is 6. The second-order valence-corrected chi connectivity index (χ2v) is 6.64. The molecule has 1 aromatic carbocycles. The number of ether oxygens (including phenoxy) is 1. The molecule has 0 bridgehead atoms. The standard InChI is InChI=1S/C20H21F3N6O2/c1-28(9-10-31-2)15-5-3-4-6-16(15)29-18(24)14(12-26-29)19(30)27-17-8-7-13(11-25-17)20(21,22)23/h3-8,11-12H,9-10,24H2,1-2H3,(H,25,27,30). The third-order valence-electron chi connectivity index (χ3n) is 4.54. The van der Waals surface area contributed by atoms with Crippen LogP contribution in [0, 0.1) is 0 Å². The number of likely N-dealkylation sites (N-methyl/N-ethyl adjacent to an activating group) is 1. The molecular formula is C20H21F3N6O2. The monoisotopic (exact) mass is 434 g/mol. The maximum atomic E-state index is 12.7. The van der Waals surface area contributed by atoms with Crippen molar-refractivity contribution in [2.24, 2.45) is 0 Å². The van der Waals surface area contributed by atoms with Crippen LogP contribution in [0.3, 0.4) is 0 Å². The first-order valence-corrected chi connectivity index (χ1v) is 9.20. The van der Waals surface area contributed by atoms with E-state index in [1.54, 1.807) is 13.2 Å². The van der Waals surface area contributed by atoms with Crippen molar-refractivity contribution in [2.75, 3.05) is 43.3 Å². The number of benzene rings is 1. The SMILES string of the molecule is COCCN(C)c1ccccc1-n1ncc(C(=O)Nc2ccc(C(F)(F)F)cn2)c1N. The van der Waals surface area contributed by atoms with Gasteiger partial charge in [0.2, 0.25) is 0 Å². The molecule has 0 fully saturated rings. The Morgan fingerprint density at radius 1 is 1.23 bits per heavy atom. The average Bonchev–Trinajstić information content (AvgIpc) is 3.13.